The Labute approximate surface area is 124 Å². The molecule has 0 aromatic carbocycles. The van der Waals surface area contributed by atoms with E-state index in [-0.39, 0.29) is 30.4 Å². The Morgan fingerprint density at radius 2 is 2.19 bits per heavy atom. The highest BCUT2D eigenvalue weighted by molar-refractivity contribution is 5.96. The first-order chi connectivity index (χ1) is 10.1. The van der Waals surface area contributed by atoms with E-state index < -0.39 is 0 Å². The summed E-state index contributed by atoms with van der Waals surface area (Å²) in [6.07, 6.45) is 4.17. The molecule has 2 fully saturated rings. The van der Waals surface area contributed by atoms with Gasteiger partial charge in [0, 0.05) is 12.6 Å². The number of nitrogens with one attached hydrogen (secondary N) is 1. The van der Waals surface area contributed by atoms with Gasteiger partial charge in [-0.3, -0.25) is 14.3 Å². The van der Waals surface area contributed by atoms with E-state index in [0.29, 0.717) is 12.2 Å². The van der Waals surface area contributed by atoms with E-state index in [0.717, 1.165) is 31.4 Å². The Hall–Kier alpha value is -1.85. The Kier molecular flexibility index (Phi) is 3.69. The number of rotatable bonds is 2. The average Bonchev–Trinajstić information content (AvgIpc) is 2.86. The van der Waals surface area contributed by atoms with Crippen molar-refractivity contribution in [3.05, 3.63) is 17.5 Å². The van der Waals surface area contributed by atoms with Crippen molar-refractivity contribution in [3.8, 4) is 0 Å². The molecule has 6 nitrogen and oxygen atoms in total. The minimum Gasteiger partial charge on any atom is -0.350 e. The topological polar surface area (TPSA) is 67.2 Å². The third-order valence-corrected chi connectivity index (χ3v) is 4.47. The third kappa shape index (κ3) is 2.54. The summed E-state index contributed by atoms with van der Waals surface area (Å²) in [7, 11) is 0. The fraction of sp³-hybridized carbons (Fsp3) is 0.667. The molecule has 1 N–H and O–H groups in total. The SMILES string of the molecule is CCn1nc(C)cc1C(=O)N1CC(=O)N[C@H]2CCCC[C@H]21. The molecule has 0 unspecified atom stereocenters. The maximum atomic E-state index is 12.9. The quantitative estimate of drug-likeness (QED) is 0.886. The minimum atomic E-state index is -0.0656. The average molecular weight is 290 g/mol. The lowest BCUT2D eigenvalue weighted by Gasteiger charge is -2.43. The van der Waals surface area contributed by atoms with Crippen molar-refractivity contribution >= 4 is 11.8 Å². The van der Waals surface area contributed by atoms with Crippen molar-refractivity contribution in [3.63, 3.8) is 0 Å². The van der Waals surface area contributed by atoms with Gasteiger partial charge in [-0.2, -0.15) is 5.10 Å². The van der Waals surface area contributed by atoms with Crippen LogP contribution in [-0.2, 0) is 11.3 Å². The first-order valence-corrected chi connectivity index (χ1v) is 7.75. The van der Waals surface area contributed by atoms with Gasteiger partial charge in [-0.25, -0.2) is 0 Å². The molecule has 0 bridgehead atoms. The molecule has 1 aromatic rings. The number of piperazine rings is 1. The second-order valence-corrected chi connectivity index (χ2v) is 5.95. The summed E-state index contributed by atoms with van der Waals surface area (Å²) >= 11 is 0. The Balaban J connectivity index is 1.89. The fourth-order valence-electron chi connectivity index (χ4n) is 3.51. The standard InChI is InChI=1S/C15H22N4O2/c1-3-19-13(8-10(2)17-19)15(21)18-9-14(20)16-11-6-4-5-7-12(11)18/h8,11-12H,3-7,9H2,1-2H3,(H,16,20)/t11-,12+/m0/s1. The molecule has 114 valence electrons. The van der Waals surface area contributed by atoms with E-state index in [4.69, 9.17) is 0 Å². The lowest BCUT2D eigenvalue weighted by molar-refractivity contribution is -0.127. The molecule has 1 saturated carbocycles. The van der Waals surface area contributed by atoms with Crippen molar-refractivity contribution in [2.75, 3.05) is 6.54 Å². The molecule has 3 rings (SSSR count). The number of amides is 2. The highest BCUT2D eigenvalue weighted by Gasteiger charge is 2.39. The van der Waals surface area contributed by atoms with Crippen molar-refractivity contribution < 1.29 is 9.59 Å². The number of aromatic nitrogens is 2. The minimum absolute atomic E-state index is 0.0502. The van der Waals surface area contributed by atoms with E-state index in [1.807, 2.05) is 19.9 Å². The van der Waals surface area contributed by atoms with E-state index in [1.165, 1.54) is 0 Å². The molecular formula is C15H22N4O2. The fourth-order valence-corrected chi connectivity index (χ4v) is 3.51. The largest absolute Gasteiger partial charge is 0.350 e. The summed E-state index contributed by atoms with van der Waals surface area (Å²) in [5.74, 6) is -0.116. The van der Waals surface area contributed by atoms with Crippen LogP contribution in [-0.4, -0.2) is 45.1 Å². The van der Waals surface area contributed by atoms with Crippen LogP contribution in [0.2, 0.25) is 0 Å². The zero-order valence-electron chi connectivity index (χ0n) is 12.6. The van der Waals surface area contributed by atoms with Crippen LogP contribution < -0.4 is 5.32 Å². The summed E-state index contributed by atoms with van der Waals surface area (Å²) in [5, 5.41) is 7.37. The first kappa shape index (κ1) is 14.1. The van der Waals surface area contributed by atoms with E-state index in [9.17, 15) is 9.59 Å². The molecule has 2 aliphatic rings. The number of carbonyl (C=O) groups excluding carboxylic acids is 2. The van der Waals surface area contributed by atoms with Crippen LogP contribution in [0, 0.1) is 6.92 Å². The number of carbonyl (C=O) groups is 2. The highest BCUT2D eigenvalue weighted by Crippen LogP contribution is 2.27. The van der Waals surface area contributed by atoms with Gasteiger partial charge in [0.25, 0.3) is 5.91 Å². The molecule has 2 atom stereocenters. The normalized spacial score (nSPS) is 25.4. The van der Waals surface area contributed by atoms with Crippen molar-refractivity contribution in [1.29, 1.82) is 0 Å². The van der Waals surface area contributed by atoms with E-state index in [2.05, 4.69) is 10.4 Å². The number of aryl methyl sites for hydroxylation is 2. The lowest BCUT2D eigenvalue weighted by Crippen LogP contribution is -2.63. The molecule has 2 heterocycles. The van der Waals surface area contributed by atoms with E-state index >= 15 is 0 Å². The van der Waals surface area contributed by atoms with Crippen LogP contribution in [0.5, 0.6) is 0 Å². The monoisotopic (exact) mass is 290 g/mol. The van der Waals surface area contributed by atoms with Crippen LogP contribution in [0.15, 0.2) is 6.07 Å². The molecule has 6 heteroatoms. The predicted octanol–water partition coefficient (Wildman–Crippen LogP) is 1.09. The molecule has 1 saturated heterocycles. The second-order valence-electron chi connectivity index (χ2n) is 5.95. The van der Waals surface area contributed by atoms with Gasteiger partial charge in [-0.05, 0) is 32.8 Å². The van der Waals surface area contributed by atoms with Gasteiger partial charge in [-0.1, -0.05) is 12.8 Å². The van der Waals surface area contributed by atoms with Gasteiger partial charge in [0.2, 0.25) is 5.91 Å². The molecule has 0 radical (unpaired) electrons. The third-order valence-electron chi connectivity index (χ3n) is 4.47. The van der Waals surface area contributed by atoms with Crippen LogP contribution in [0.3, 0.4) is 0 Å². The Bertz CT molecular complexity index is 566. The van der Waals surface area contributed by atoms with Crippen molar-refractivity contribution in [1.82, 2.24) is 20.0 Å². The van der Waals surface area contributed by atoms with Gasteiger partial charge in [0.1, 0.15) is 12.2 Å². The van der Waals surface area contributed by atoms with Crippen molar-refractivity contribution in [2.24, 2.45) is 0 Å². The van der Waals surface area contributed by atoms with Crippen LogP contribution in [0.25, 0.3) is 0 Å². The highest BCUT2D eigenvalue weighted by atomic mass is 16.2. The predicted molar refractivity (Wildman–Crippen MR) is 77.9 cm³/mol. The van der Waals surface area contributed by atoms with Gasteiger partial charge < -0.3 is 10.2 Å². The molecule has 21 heavy (non-hydrogen) atoms. The molecule has 2 amide bonds. The van der Waals surface area contributed by atoms with Crippen LogP contribution in [0.1, 0.15) is 48.8 Å². The molecule has 0 spiro atoms. The number of hydrogen-bond donors (Lipinski definition) is 1. The Morgan fingerprint density at radius 1 is 1.43 bits per heavy atom. The number of nitrogens with zero attached hydrogens (tertiary/aromatic N) is 3. The number of hydrogen-bond acceptors (Lipinski definition) is 3. The summed E-state index contributed by atoms with van der Waals surface area (Å²) in [6, 6.07) is 2.06. The van der Waals surface area contributed by atoms with Crippen LogP contribution >= 0.6 is 0 Å². The smallest absolute Gasteiger partial charge is 0.272 e. The first-order valence-electron chi connectivity index (χ1n) is 7.75. The summed E-state index contributed by atoms with van der Waals surface area (Å²) < 4.78 is 1.72. The number of fused-ring (bicyclic) bond motifs is 1. The van der Waals surface area contributed by atoms with Crippen molar-refractivity contribution in [2.45, 2.75) is 58.2 Å². The zero-order chi connectivity index (χ0) is 15.0. The lowest BCUT2D eigenvalue weighted by atomic mass is 9.87. The van der Waals surface area contributed by atoms with Gasteiger partial charge in [-0.15, -0.1) is 0 Å². The molecular weight excluding hydrogens is 268 g/mol. The van der Waals surface area contributed by atoms with Gasteiger partial charge in [0.15, 0.2) is 0 Å². The van der Waals surface area contributed by atoms with E-state index in [1.54, 1.807) is 9.58 Å². The zero-order valence-corrected chi connectivity index (χ0v) is 12.6. The summed E-state index contributed by atoms with van der Waals surface area (Å²) in [6.45, 7) is 4.67. The van der Waals surface area contributed by atoms with Gasteiger partial charge >= 0.3 is 0 Å². The molecule has 1 aromatic heterocycles. The molecule has 1 aliphatic carbocycles. The van der Waals surface area contributed by atoms with Crippen LogP contribution in [0.4, 0.5) is 0 Å². The maximum absolute atomic E-state index is 12.9. The second kappa shape index (κ2) is 5.50. The molecule has 1 aliphatic heterocycles. The maximum Gasteiger partial charge on any atom is 0.272 e. The summed E-state index contributed by atoms with van der Waals surface area (Å²) in [4.78, 5) is 26.5. The van der Waals surface area contributed by atoms with Gasteiger partial charge in [0.05, 0.1) is 11.7 Å². The Morgan fingerprint density at radius 3 is 2.95 bits per heavy atom. The summed E-state index contributed by atoms with van der Waals surface area (Å²) in [5.41, 5.74) is 1.43.